The summed E-state index contributed by atoms with van der Waals surface area (Å²) in [7, 11) is 1.61. The average Bonchev–Trinajstić information content (AvgIpc) is 2.80. The molecular weight excluding hydrogens is 218 g/mol. The molecule has 0 amide bonds. The van der Waals surface area contributed by atoms with Crippen molar-refractivity contribution in [3.05, 3.63) is 11.7 Å². The maximum atomic E-state index is 6.37. The Hall–Kier alpha value is -0.940. The number of hydrogen-bond acceptors (Lipinski definition) is 5. The van der Waals surface area contributed by atoms with E-state index in [4.69, 9.17) is 15.0 Å². The van der Waals surface area contributed by atoms with E-state index in [0.29, 0.717) is 18.3 Å². The Balaban J connectivity index is 2.05. The second-order valence-corrected chi connectivity index (χ2v) is 4.96. The normalized spacial score (nSPS) is 29.5. The van der Waals surface area contributed by atoms with Gasteiger partial charge in [0.1, 0.15) is 6.61 Å². The van der Waals surface area contributed by atoms with Crippen molar-refractivity contribution >= 4 is 0 Å². The fraction of sp³-hybridized carbons (Fsp3) is 0.833. The second-order valence-electron chi connectivity index (χ2n) is 4.96. The average molecular weight is 239 g/mol. The summed E-state index contributed by atoms with van der Waals surface area (Å²) in [5.74, 6) is 1.94. The molecule has 96 valence electrons. The molecule has 1 fully saturated rings. The first-order chi connectivity index (χ1) is 8.18. The molecule has 1 heterocycles. The summed E-state index contributed by atoms with van der Waals surface area (Å²) in [6, 6.07) is 0. The van der Waals surface area contributed by atoms with Gasteiger partial charge in [-0.05, 0) is 31.6 Å². The zero-order chi connectivity index (χ0) is 12.3. The highest BCUT2D eigenvalue weighted by atomic mass is 16.5. The van der Waals surface area contributed by atoms with Crippen LogP contribution in [-0.4, -0.2) is 17.3 Å². The van der Waals surface area contributed by atoms with Crippen LogP contribution in [0.4, 0.5) is 0 Å². The summed E-state index contributed by atoms with van der Waals surface area (Å²) in [5.41, 5.74) is 5.94. The molecule has 0 radical (unpaired) electrons. The van der Waals surface area contributed by atoms with E-state index in [9.17, 15) is 0 Å². The minimum Gasteiger partial charge on any atom is -0.377 e. The lowest BCUT2D eigenvalue weighted by Gasteiger charge is -2.33. The SMILES string of the molecule is CCC1CCC(N)(c2nc(COC)no2)CC1. The van der Waals surface area contributed by atoms with Crippen molar-refractivity contribution in [2.24, 2.45) is 11.7 Å². The van der Waals surface area contributed by atoms with E-state index < -0.39 is 5.54 Å². The minimum atomic E-state index is -0.426. The molecule has 1 aromatic heterocycles. The first kappa shape index (κ1) is 12.5. The maximum absolute atomic E-state index is 6.37. The van der Waals surface area contributed by atoms with Crippen molar-refractivity contribution in [3.8, 4) is 0 Å². The van der Waals surface area contributed by atoms with Gasteiger partial charge in [0.25, 0.3) is 0 Å². The third-order valence-electron chi connectivity index (χ3n) is 3.74. The van der Waals surface area contributed by atoms with Crippen molar-refractivity contribution in [1.29, 1.82) is 0 Å². The zero-order valence-corrected chi connectivity index (χ0v) is 10.6. The molecule has 0 bridgehead atoms. The summed E-state index contributed by atoms with van der Waals surface area (Å²) in [4.78, 5) is 4.32. The van der Waals surface area contributed by atoms with Gasteiger partial charge in [-0.3, -0.25) is 0 Å². The van der Waals surface area contributed by atoms with E-state index >= 15 is 0 Å². The van der Waals surface area contributed by atoms with Gasteiger partial charge in [-0.2, -0.15) is 4.98 Å². The molecule has 2 rings (SSSR count). The highest BCUT2D eigenvalue weighted by molar-refractivity contribution is 5.04. The van der Waals surface area contributed by atoms with Crippen LogP contribution in [-0.2, 0) is 16.9 Å². The molecule has 2 N–H and O–H groups in total. The van der Waals surface area contributed by atoms with Crippen molar-refractivity contribution in [1.82, 2.24) is 10.1 Å². The summed E-state index contributed by atoms with van der Waals surface area (Å²) in [6.45, 7) is 2.61. The molecule has 5 nitrogen and oxygen atoms in total. The lowest BCUT2D eigenvalue weighted by atomic mass is 9.76. The molecule has 0 spiro atoms. The van der Waals surface area contributed by atoms with Gasteiger partial charge in [0.2, 0.25) is 5.89 Å². The Labute approximate surface area is 102 Å². The maximum Gasteiger partial charge on any atom is 0.246 e. The molecule has 1 aliphatic carbocycles. The van der Waals surface area contributed by atoms with Crippen LogP contribution < -0.4 is 5.73 Å². The molecule has 0 aromatic carbocycles. The molecule has 1 aliphatic rings. The molecule has 5 heteroatoms. The van der Waals surface area contributed by atoms with E-state index in [1.54, 1.807) is 7.11 Å². The van der Waals surface area contributed by atoms with E-state index in [1.807, 2.05) is 0 Å². The van der Waals surface area contributed by atoms with Gasteiger partial charge in [-0.15, -0.1) is 0 Å². The summed E-state index contributed by atoms with van der Waals surface area (Å²) in [6.07, 6.45) is 5.39. The van der Waals surface area contributed by atoms with Gasteiger partial charge in [0.05, 0.1) is 5.54 Å². The predicted molar refractivity (Wildman–Crippen MR) is 63.1 cm³/mol. The molecule has 0 saturated heterocycles. The highest BCUT2D eigenvalue weighted by Crippen LogP contribution is 2.37. The zero-order valence-electron chi connectivity index (χ0n) is 10.6. The van der Waals surface area contributed by atoms with E-state index in [2.05, 4.69) is 17.1 Å². The van der Waals surface area contributed by atoms with E-state index in [1.165, 1.54) is 6.42 Å². The first-order valence-electron chi connectivity index (χ1n) is 6.29. The Morgan fingerprint density at radius 2 is 2.18 bits per heavy atom. The van der Waals surface area contributed by atoms with Crippen molar-refractivity contribution in [2.45, 2.75) is 51.2 Å². The van der Waals surface area contributed by atoms with Crippen LogP contribution in [0.1, 0.15) is 50.7 Å². The van der Waals surface area contributed by atoms with Gasteiger partial charge in [-0.25, -0.2) is 0 Å². The predicted octanol–water partition coefficient (Wildman–Crippen LogP) is 1.97. The smallest absolute Gasteiger partial charge is 0.246 e. The highest BCUT2D eigenvalue weighted by Gasteiger charge is 2.37. The van der Waals surface area contributed by atoms with Gasteiger partial charge in [-0.1, -0.05) is 18.5 Å². The van der Waals surface area contributed by atoms with Crippen LogP contribution >= 0.6 is 0 Å². The summed E-state index contributed by atoms with van der Waals surface area (Å²) < 4.78 is 10.2. The van der Waals surface area contributed by atoms with Gasteiger partial charge < -0.3 is 15.0 Å². The van der Waals surface area contributed by atoms with Crippen LogP contribution in [0.25, 0.3) is 0 Å². The lowest BCUT2D eigenvalue weighted by molar-refractivity contribution is 0.171. The number of ether oxygens (including phenoxy) is 1. The van der Waals surface area contributed by atoms with Crippen LogP contribution in [0.3, 0.4) is 0 Å². The van der Waals surface area contributed by atoms with Gasteiger partial charge in [0.15, 0.2) is 5.82 Å². The summed E-state index contributed by atoms with van der Waals surface area (Å²) >= 11 is 0. The van der Waals surface area contributed by atoms with E-state index in [0.717, 1.165) is 31.6 Å². The standard InChI is InChI=1S/C12H21N3O2/c1-3-9-4-6-12(13,7-5-9)11-14-10(8-16-2)15-17-11/h9H,3-8,13H2,1-2H3. The van der Waals surface area contributed by atoms with E-state index in [-0.39, 0.29) is 0 Å². The molecule has 1 saturated carbocycles. The van der Waals surface area contributed by atoms with Crippen LogP contribution in [0.2, 0.25) is 0 Å². The molecule has 0 unspecified atom stereocenters. The molecule has 0 atom stereocenters. The van der Waals surface area contributed by atoms with Crippen LogP contribution in [0.15, 0.2) is 4.52 Å². The number of methoxy groups -OCH3 is 1. The Morgan fingerprint density at radius 3 is 2.76 bits per heavy atom. The minimum absolute atomic E-state index is 0.372. The fourth-order valence-electron chi connectivity index (χ4n) is 2.46. The largest absolute Gasteiger partial charge is 0.377 e. The quantitative estimate of drug-likeness (QED) is 0.869. The number of rotatable bonds is 4. The lowest BCUT2D eigenvalue weighted by Crippen LogP contribution is -2.40. The van der Waals surface area contributed by atoms with Gasteiger partial charge in [0, 0.05) is 7.11 Å². The number of nitrogens with zero attached hydrogens (tertiary/aromatic N) is 2. The van der Waals surface area contributed by atoms with Crippen LogP contribution in [0, 0.1) is 5.92 Å². The van der Waals surface area contributed by atoms with Crippen molar-refractivity contribution in [3.63, 3.8) is 0 Å². The Bertz CT molecular complexity index is 356. The Kier molecular flexibility index (Phi) is 3.79. The second kappa shape index (κ2) is 5.14. The van der Waals surface area contributed by atoms with Crippen LogP contribution in [0.5, 0.6) is 0 Å². The molecule has 17 heavy (non-hydrogen) atoms. The fourth-order valence-corrected chi connectivity index (χ4v) is 2.46. The molecule has 0 aliphatic heterocycles. The summed E-state index contributed by atoms with van der Waals surface area (Å²) in [5, 5.41) is 3.87. The number of aromatic nitrogens is 2. The van der Waals surface area contributed by atoms with Crippen molar-refractivity contribution in [2.75, 3.05) is 7.11 Å². The third-order valence-corrected chi connectivity index (χ3v) is 3.74. The molecular formula is C12H21N3O2. The monoisotopic (exact) mass is 239 g/mol. The number of hydrogen-bond donors (Lipinski definition) is 1. The van der Waals surface area contributed by atoms with Gasteiger partial charge >= 0.3 is 0 Å². The third kappa shape index (κ3) is 2.66. The Morgan fingerprint density at radius 1 is 1.47 bits per heavy atom. The number of nitrogens with two attached hydrogens (primary N) is 1. The molecule has 1 aromatic rings. The first-order valence-corrected chi connectivity index (χ1v) is 6.29. The van der Waals surface area contributed by atoms with Crippen molar-refractivity contribution < 1.29 is 9.26 Å². The topological polar surface area (TPSA) is 74.2 Å².